The van der Waals surface area contributed by atoms with E-state index in [1.165, 1.54) is 29.2 Å². The number of nitrogens with one attached hydrogen (secondary N) is 2. The molecule has 0 aliphatic rings. The van der Waals surface area contributed by atoms with E-state index in [2.05, 4.69) is 15.6 Å². The van der Waals surface area contributed by atoms with E-state index >= 15 is 0 Å². The van der Waals surface area contributed by atoms with E-state index in [1.807, 2.05) is 78.2 Å². The molecule has 4 aromatic carbocycles. The van der Waals surface area contributed by atoms with Crippen LogP contribution in [0.5, 0.6) is 0 Å². The van der Waals surface area contributed by atoms with E-state index in [1.54, 1.807) is 24.3 Å². The van der Waals surface area contributed by atoms with Gasteiger partial charge in [-0.15, -0.1) is 23.1 Å². The molecule has 2 N–H and O–H groups in total. The van der Waals surface area contributed by atoms with Gasteiger partial charge in [0, 0.05) is 26.5 Å². The van der Waals surface area contributed by atoms with Crippen LogP contribution in [0.4, 0.5) is 10.8 Å². The van der Waals surface area contributed by atoms with Gasteiger partial charge in [0.05, 0.1) is 16.3 Å². The Labute approximate surface area is 244 Å². The number of thiazole rings is 1. The number of rotatable bonds is 8. The third kappa shape index (κ3) is 6.88. The molecule has 0 spiro atoms. The largest absolute Gasteiger partial charge is 0.322 e. The fourth-order valence-electron chi connectivity index (χ4n) is 3.77. The molecular weight excluding hydrogens is 569 g/mol. The number of amides is 2. The Bertz CT molecular complexity index is 1590. The van der Waals surface area contributed by atoms with Crippen molar-refractivity contribution >= 4 is 68.9 Å². The third-order valence-electron chi connectivity index (χ3n) is 5.69. The molecule has 0 radical (unpaired) electrons. The number of hydrogen-bond donors (Lipinski definition) is 2. The molecule has 194 valence electrons. The fraction of sp³-hybridized carbons (Fsp3) is 0.0333. The van der Waals surface area contributed by atoms with Crippen molar-refractivity contribution in [2.45, 2.75) is 10.1 Å². The number of benzene rings is 4. The summed E-state index contributed by atoms with van der Waals surface area (Å²) in [5, 5.41) is 8.52. The first kappa shape index (κ1) is 27.0. The molecule has 0 aliphatic heterocycles. The Balaban J connectivity index is 1.30. The van der Waals surface area contributed by atoms with Gasteiger partial charge in [0.1, 0.15) is 5.25 Å². The van der Waals surface area contributed by atoms with Crippen molar-refractivity contribution in [3.63, 3.8) is 0 Å². The van der Waals surface area contributed by atoms with Crippen LogP contribution in [-0.4, -0.2) is 16.8 Å². The van der Waals surface area contributed by atoms with Gasteiger partial charge >= 0.3 is 0 Å². The lowest BCUT2D eigenvalue weighted by Gasteiger charge is -2.16. The number of nitrogens with zero attached hydrogens (tertiary/aromatic N) is 1. The number of thioether (sulfide) groups is 1. The van der Waals surface area contributed by atoms with Gasteiger partial charge in [0.25, 0.3) is 5.91 Å². The van der Waals surface area contributed by atoms with Crippen molar-refractivity contribution < 1.29 is 9.59 Å². The summed E-state index contributed by atoms with van der Waals surface area (Å²) in [4.78, 5) is 31.6. The van der Waals surface area contributed by atoms with Crippen molar-refractivity contribution in [3.8, 4) is 11.3 Å². The number of carbonyl (C=O) groups excluding carboxylic acids is 2. The second-order valence-corrected chi connectivity index (χ2v) is 11.3. The average Bonchev–Trinajstić information content (AvgIpc) is 3.42. The van der Waals surface area contributed by atoms with E-state index in [-0.39, 0.29) is 16.8 Å². The molecule has 1 aromatic heterocycles. The van der Waals surface area contributed by atoms with Crippen LogP contribution in [0.25, 0.3) is 11.3 Å². The highest BCUT2D eigenvalue weighted by molar-refractivity contribution is 8.00. The number of anilines is 2. The third-order valence-corrected chi connectivity index (χ3v) is 8.26. The van der Waals surface area contributed by atoms with Gasteiger partial charge in [-0.05, 0) is 48.0 Å². The Morgan fingerprint density at radius 3 is 2.21 bits per heavy atom. The maximum absolute atomic E-state index is 13.4. The van der Waals surface area contributed by atoms with Crippen LogP contribution in [0.15, 0.2) is 113 Å². The molecule has 1 atom stereocenters. The van der Waals surface area contributed by atoms with Crippen molar-refractivity contribution in [3.05, 3.63) is 130 Å². The van der Waals surface area contributed by atoms with Crippen molar-refractivity contribution in [2.75, 3.05) is 10.6 Å². The van der Waals surface area contributed by atoms with Crippen LogP contribution in [-0.2, 0) is 4.79 Å². The summed E-state index contributed by atoms with van der Waals surface area (Å²) in [6.45, 7) is 0. The highest BCUT2D eigenvalue weighted by Crippen LogP contribution is 2.37. The van der Waals surface area contributed by atoms with Crippen molar-refractivity contribution in [1.82, 2.24) is 4.98 Å². The molecule has 5 nitrogen and oxygen atoms in total. The van der Waals surface area contributed by atoms with Crippen LogP contribution in [0.2, 0.25) is 10.0 Å². The maximum atomic E-state index is 13.4. The molecule has 0 aliphatic carbocycles. The van der Waals surface area contributed by atoms with Gasteiger partial charge < -0.3 is 10.6 Å². The minimum atomic E-state index is -0.511. The lowest BCUT2D eigenvalue weighted by atomic mass is 10.1. The first-order valence-electron chi connectivity index (χ1n) is 11.9. The maximum Gasteiger partial charge on any atom is 0.257 e. The minimum Gasteiger partial charge on any atom is -0.322 e. The number of hydrogen-bond acceptors (Lipinski definition) is 5. The molecule has 2 amide bonds. The minimum absolute atomic E-state index is 0.171. The summed E-state index contributed by atoms with van der Waals surface area (Å²) < 4.78 is 0. The van der Waals surface area contributed by atoms with E-state index < -0.39 is 5.25 Å². The van der Waals surface area contributed by atoms with Crippen LogP contribution in [0, 0.1) is 0 Å². The SMILES string of the molecule is O=C(Nc1ccc(SC(C(=O)Nc2nc(-c3ccccc3)cs2)c2ccccc2)cc1)c1ccc(Cl)cc1Cl. The first-order chi connectivity index (χ1) is 19.0. The molecule has 39 heavy (non-hydrogen) atoms. The normalized spacial score (nSPS) is 11.5. The van der Waals surface area contributed by atoms with Gasteiger partial charge in [-0.2, -0.15) is 0 Å². The molecule has 0 fully saturated rings. The van der Waals surface area contributed by atoms with Crippen LogP contribution >= 0.6 is 46.3 Å². The zero-order valence-electron chi connectivity index (χ0n) is 20.3. The molecule has 0 saturated carbocycles. The fourth-order valence-corrected chi connectivity index (χ4v) is 6.01. The van der Waals surface area contributed by atoms with Crippen LogP contribution in [0.1, 0.15) is 21.2 Å². The van der Waals surface area contributed by atoms with Crippen LogP contribution in [0.3, 0.4) is 0 Å². The van der Waals surface area contributed by atoms with Gasteiger partial charge in [-0.1, -0.05) is 83.9 Å². The summed E-state index contributed by atoms with van der Waals surface area (Å²) >= 11 is 14.9. The van der Waals surface area contributed by atoms with Crippen molar-refractivity contribution in [2.24, 2.45) is 0 Å². The second kappa shape index (κ2) is 12.5. The second-order valence-electron chi connectivity index (χ2n) is 8.40. The Kier molecular flexibility index (Phi) is 8.64. The summed E-state index contributed by atoms with van der Waals surface area (Å²) in [5.41, 5.74) is 3.62. The van der Waals surface area contributed by atoms with Gasteiger partial charge in [0.2, 0.25) is 5.91 Å². The van der Waals surface area contributed by atoms with E-state index in [9.17, 15) is 9.59 Å². The lowest BCUT2D eigenvalue weighted by molar-refractivity contribution is -0.115. The number of aromatic nitrogens is 1. The molecule has 0 saturated heterocycles. The first-order valence-corrected chi connectivity index (χ1v) is 14.4. The standard InChI is InChI=1S/C30H21Cl2N3O2S2/c31-21-11-16-24(25(32)17-21)28(36)33-22-12-14-23(15-13-22)39-27(20-9-5-2-6-10-20)29(37)35-30-34-26(18-38-30)19-7-3-1-4-8-19/h1-18,27H,(H,33,36)(H,34,35,37). The zero-order valence-corrected chi connectivity index (χ0v) is 23.5. The monoisotopic (exact) mass is 589 g/mol. The molecule has 5 rings (SSSR count). The number of carbonyl (C=O) groups is 2. The highest BCUT2D eigenvalue weighted by Gasteiger charge is 2.23. The zero-order chi connectivity index (χ0) is 27.2. The lowest BCUT2D eigenvalue weighted by Crippen LogP contribution is -2.19. The van der Waals surface area contributed by atoms with Gasteiger partial charge in [-0.3, -0.25) is 9.59 Å². The van der Waals surface area contributed by atoms with E-state index in [0.717, 1.165) is 21.7 Å². The summed E-state index contributed by atoms with van der Waals surface area (Å²) in [5.74, 6) is -0.508. The molecule has 1 heterocycles. The Hall–Kier alpha value is -3.62. The Morgan fingerprint density at radius 2 is 1.51 bits per heavy atom. The summed E-state index contributed by atoms with van der Waals surface area (Å²) in [7, 11) is 0. The molecular formula is C30H21Cl2N3O2S2. The smallest absolute Gasteiger partial charge is 0.257 e. The quantitative estimate of drug-likeness (QED) is 0.177. The topological polar surface area (TPSA) is 71.1 Å². The molecule has 1 unspecified atom stereocenters. The summed E-state index contributed by atoms with van der Waals surface area (Å²) in [6, 6.07) is 31.5. The predicted octanol–water partition coefficient (Wildman–Crippen LogP) is 8.84. The molecule has 9 heteroatoms. The molecule has 5 aromatic rings. The van der Waals surface area contributed by atoms with Crippen LogP contribution < -0.4 is 10.6 Å². The predicted molar refractivity (Wildman–Crippen MR) is 162 cm³/mol. The van der Waals surface area contributed by atoms with Crippen molar-refractivity contribution in [1.29, 1.82) is 0 Å². The number of halogens is 2. The Morgan fingerprint density at radius 1 is 0.821 bits per heavy atom. The highest BCUT2D eigenvalue weighted by atomic mass is 35.5. The van der Waals surface area contributed by atoms with E-state index in [0.29, 0.717) is 21.4 Å². The average molecular weight is 591 g/mol. The molecule has 0 bridgehead atoms. The van der Waals surface area contributed by atoms with Gasteiger partial charge in [-0.25, -0.2) is 4.98 Å². The van der Waals surface area contributed by atoms with Gasteiger partial charge in [0.15, 0.2) is 5.13 Å². The van der Waals surface area contributed by atoms with E-state index in [4.69, 9.17) is 23.2 Å². The summed E-state index contributed by atoms with van der Waals surface area (Å²) in [6.07, 6.45) is 0.